The maximum absolute atomic E-state index is 12.8. The molecule has 1 aliphatic heterocycles. The molecule has 0 aliphatic carbocycles. The molecule has 1 aliphatic rings. The molecular weight excluding hydrogens is 352 g/mol. The van der Waals surface area contributed by atoms with E-state index in [2.05, 4.69) is 0 Å². The summed E-state index contributed by atoms with van der Waals surface area (Å²) >= 11 is 0. The normalized spacial score (nSPS) is 16.0. The summed E-state index contributed by atoms with van der Waals surface area (Å²) in [7, 11) is -3.47. The van der Waals surface area contributed by atoms with Crippen molar-refractivity contribution in [3.8, 4) is 0 Å². The molecule has 140 valence electrons. The Balaban J connectivity index is 1.57. The molecule has 0 aromatic heterocycles. The minimum absolute atomic E-state index is 0.217. The number of hydrogen-bond donors (Lipinski definition) is 2. The zero-order chi connectivity index (χ0) is 18.7. The van der Waals surface area contributed by atoms with Crippen molar-refractivity contribution in [3.05, 3.63) is 36.4 Å². The Morgan fingerprint density at radius 2 is 1.81 bits per heavy atom. The second-order valence-corrected chi connectivity index (χ2v) is 8.62. The highest BCUT2D eigenvalue weighted by Crippen LogP contribution is 2.41. The van der Waals surface area contributed by atoms with Crippen molar-refractivity contribution in [1.29, 1.82) is 0 Å². The lowest BCUT2D eigenvalue weighted by molar-refractivity contribution is -0.133. The van der Waals surface area contributed by atoms with E-state index in [-0.39, 0.29) is 11.8 Å². The van der Waals surface area contributed by atoms with Gasteiger partial charge in [0.15, 0.2) is 0 Å². The lowest BCUT2D eigenvalue weighted by atomic mass is 10.0. The van der Waals surface area contributed by atoms with Gasteiger partial charge in [-0.3, -0.25) is 14.3 Å². The van der Waals surface area contributed by atoms with Crippen molar-refractivity contribution in [3.63, 3.8) is 0 Å². The molecule has 1 atom stereocenters. The van der Waals surface area contributed by atoms with E-state index in [1.54, 1.807) is 24.5 Å². The molecule has 0 saturated heterocycles. The van der Waals surface area contributed by atoms with Crippen LogP contribution in [0.4, 0.5) is 5.69 Å². The Bertz CT molecular complexity index is 906. The quantitative estimate of drug-likeness (QED) is 0.420. The van der Waals surface area contributed by atoms with Crippen molar-refractivity contribution in [2.45, 2.75) is 43.9 Å². The average molecular weight is 376 g/mol. The number of amides is 1. The van der Waals surface area contributed by atoms with E-state index < -0.39 is 10.0 Å². The van der Waals surface area contributed by atoms with Crippen molar-refractivity contribution >= 4 is 32.4 Å². The van der Waals surface area contributed by atoms with Gasteiger partial charge >= 0.3 is 0 Å². The van der Waals surface area contributed by atoms with Gasteiger partial charge in [0.05, 0.1) is 10.6 Å². The molecule has 26 heavy (non-hydrogen) atoms. The fourth-order valence-electron chi connectivity index (χ4n) is 3.50. The molecule has 2 aromatic carbocycles. The molecule has 0 radical (unpaired) electrons. The van der Waals surface area contributed by atoms with Gasteiger partial charge in [0, 0.05) is 17.8 Å². The molecule has 1 amide bonds. The highest BCUT2D eigenvalue weighted by atomic mass is 32.2. The first-order valence-electron chi connectivity index (χ1n) is 8.95. The van der Waals surface area contributed by atoms with E-state index in [0.29, 0.717) is 17.9 Å². The summed E-state index contributed by atoms with van der Waals surface area (Å²) < 4.78 is 27.2. The molecule has 6 nitrogen and oxygen atoms in total. The zero-order valence-corrected chi connectivity index (χ0v) is 15.6. The first-order valence-corrected chi connectivity index (χ1v) is 10.4. The molecule has 3 rings (SSSR count). The maximum atomic E-state index is 12.8. The number of nitrogens with one attached hydrogen (secondary N) is 1. The van der Waals surface area contributed by atoms with Crippen molar-refractivity contribution < 1.29 is 18.4 Å². The minimum Gasteiger partial charge on any atom is -0.289 e. The summed E-state index contributed by atoms with van der Waals surface area (Å²) in [5, 5.41) is 10.4. The molecule has 2 N–H and O–H groups in total. The molecule has 0 spiro atoms. The van der Waals surface area contributed by atoms with Crippen LogP contribution in [0.1, 0.15) is 39.0 Å². The second-order valence-electron chi connectivity index (χ2n) is 6.79. The van der Waals surface area contributed by atoms with Gasteiger partial charge in [-0.25, -0.2) is 13.9 Å². The summed E-state index contributed by atoms with van der Waals surface area (Å²) in [4.78, 5) is 11.6. The van der Waals surface area contributed by atoms with E-state index in [1.165, 1.54) is 4.31 Å². The topological polar surface area (TPSA) is 86.7 Å². The summed E-state index contributed by atoms with van der Waals surface area (Å²) in [6.07, 6.45) is 4.17. The molecule has 1 unspecified atom stereocenters. The third-order valence-corrected chi connectivity index (χ3v) is 6.84. The lowest BCUT2D eigenvalue weighted by Gasteiger charge is -2.18. The lowest BCUT2D eigenvalue weighted by Crippen LogP contribution is -2.28. The number of carbonyl (C=O) groups excluding carboxylic acids is 1. The average Bonchev–Trinajstić information content (AvgIpc) is 2.86. The summed E-state index contributed by atoms with van der Waals surface area (Å²) in [5.41, 5.74) is 2.44. The number of sulfonamides is 1. The SMILES string of the molecule is CC(CCCCCCN1c2cccc3cccc(c23)S1(=O)=O)C(=O)NO. The van der Waals surface area contributed by atoms with Gasteiger partial charge in [0.25, 0.3) is 10.0 Å². The van der Waals surface area contributed by atoms with Crippen LogP contribution in [0.3, 0.4) is 0 Å². The molecule has 2 aromatic rings. The van der Waals surface area contributed by atoms with E-state index >= 15 is 0 Å². The third kappa shape index (κ3) is 3.41. The van der Waals surface area contributed by atoms with Crippen molar-refractivity contribution in [1.82, 2.24) is 5.48 Å². The Hall–Kier alpha value is -2.12. The first-order chi connectivity index (χ1) is 12.5. The van der Waals surface area contributed by atoms with Crippen LogP contribution in [0.2, 0.25) is 0 Å². The van der Waals surface area contributed by atoms with Crippen LogP contribution in [0.25, 0.3) is 10.8 Å². The van der Waals surface area contributed by atoms with E-state index in [0.717, 1.165) is 42.1 Å². The van der Waals surface area contributed by atoms with Gasteiger partial charge < -0.3 is 0 Å². The van der Waals surface area contributed by atoms with E-state index in [1.807, 2.05) is 24.3 Å². The Labute approximate surface area is 153 Å². The monoisotopic (exact) mass is 376 g/mol. The third-order valence-electron chi connectivity index (χ3n) is 4.99. The number of carbonyl (C=O) groups is 1. The van der Waals surface area contributed by atoms with E-state index in [9.17, 15) is 13.2 Å². The predicted molar refractivity (Wildman–Crippen MR) is 101 cm³/mol. The van der Waals surface area contributed by atoms with Crippen molar-refractivity contribution in [2.75, 3.05) is 10.8 Å². The molecule has 1 heterocycles. The first kappa shape index (κ1) is 18.7. The van der Waals surface area contributed by atoms with Crippen LogP contribution in [-0.2, 0) is 14.8 Å². The Morgan fingerprint density at radius 1 is 1.12 bits per heavy atom. The number of nitrogens with zero attached hydrogens (tertiary/aromatic N) is 1. The molecule has 0 fully saturated rings. The standard InChI is InChI=1S/C19H24N2O4S/c1-14(19(22)20-23)8-4-2-3-5-13-21-16-11-6-9-15-10-7-12-17(18(15)16)26(21,24)25/h6-7,9-12,14,23H,2-5,8,13H2,1H3,(H,20,22). The van der Waals surface area contributed by atoms with Gasteiger partial charge in [0.2, 0.25) is 5.91 Å². The Morgan fingerprint density at radius 3 is 2.54 bits per heavy atom. The van der Waals surface area contributed by atoms with Gasteiger partial charge in [-0.15, -0.1) is 0 Å². The maximum Gasteiger partial charge on any atom is 0.265 e. The van der Waals surface area contributed by atoms with Gasteiger partial charge in [-0.2, -0.15) is 0 Å². The zero-order valence-electron chi connectivity index (χ0n) is 14.8. The van der Waals surface area contributed by atoms with Crippen LogP contribution in [-0.4, -0.2) is 26.1 Å². The van der Waals surface area contributed by atoms with Crippen molar-refractivity contribution in [2.24, 2.45) is 5.92 Å². The summed E-state index contributed by atoms with van der Waals surface area (Å²) in [6.45, 7) is 2.24. The largest absolute Gasteiger partial charge is 0.289 e. The predicted octanol–water partition coefficient (Wildman–Crippen LogP) is 3.44. The number of unbranched alkanes of at least 4 members (excludes halogenated alkanes) is 3. The smallest absolute Gasteiger partial charge is 0.265 e. The van der Waals surface area contributed by atoms with Crippen LogP contribution >= 0.6 is 0 Å². The number of anilines is 1. The highest BCUT2D eigenvalue weighted by molar-refractivity contribution is 7.93. The number of rotatable bonds is 8. The highest BCUT2D eigenvalue weighted by Gasteiger charge is 2.34. The minimum atomic E-state index is -3.47. The van der Waals surface area contributed by atoms with Crippen LogP contribution in [0.15, 0.2) is 41.3 Å². The molecular formula is C19H24N2O4S. The summed E-state index contributed by atoms with van der Waals surface area (Å²) in [5.74, 6) is -0.579. The van der Waals surface area contributed by atoms with Crippen LogP contribution in [0.5, 0.6) is 0 Å². The van der Waals surface area contributed by atoms with Gasteiger partial charge in [-0.05, 0) is 30.4 Å². The molecule has 0 saturated carbocycles. The van der Waals surface area contributed by atoms with E-state index in [4.69, 9.17) is 5.21 Å². The fourth-order valence-corrected chi connectivity index (χ4v) is 5.25. The number of benzene rings is 2. The number of hydrogen-bond acceptors (Lipinski definition) is 4. The van der Waals surface area contributed by atoms with Crippen LogP contribution in [0, 0.1) is 5.92 Å². The number of hydroxylamine groups is 1. The summed E-state index contributed by atoms with van der Waals surface area (Å²) in [6, 6.07) is 11.1. The van der Waals surface area contributed by atoms with Gasteiger partial charge in [0.1, 0.15) is 0 Å². The fraction of sp³-hybridized carbons (Fsp3) is 0.421. The second kappa shape index (κ2) is 7.63. The van der Waals surface area contributed by atoms with Crippen LogP contribution < -0.4 is 9.79 Å². The molecule has 0 bridgehead atoms. The molecule has 7 heteroatoms. The van der Waals surface area contributed by atoms with Gasteiger partial charge in [-0.1, -0.05) is 50.5 Å². The Kier molecular flexibility index (Phi) is 5.48.